The molecule has 1 heterocycles. The van der Waals surface area contributed by atoms with E-state index in [-0.39, 0.29) is 11.6 Å². The Bertz CT molecular complexity index is 416. The molecule has 0 spiro atoms. The summed E-state index contributed by atoms with van der Waals surface area (Å²) in [5.74, 6) is 0.815. The fraction of sp³-hybridized carbons (Fsp3) is 0.706. The molecule has 1 atom stereocenters. The number of hydrogen-bond donors (Lipinski definition) is 1. The van der Waals surface area contributed by atoms with E-state index in [1.54, 1.807) is 13.3 Å². The maximum Gasteiger partial charge on any atom is 0.137 e. The lowest BCUT2D eigenvalue weighted by atomic mass is 9.80. The minimum atomic E-state index is 0.0726. The molecule has 0 saturated carbocycles. The van der Waals surface area contributed by atoms with Gasteiger partial charge in [0.1, 0.15) is 5.75 Å². The van der Waals surface area contributed by atoms with Crippen LogP contribution in [0.25, 0.3) is 0 Å². The molecule has 120 valence electrons. The molecule has 0 bridgehead atoms. The number of rotatable bonds is 9. The van der Waals surface area contributed by atoms with E-state index in [2.05, 4.69) is 56.1 Å². The highest BCUT2D eigenvalue weighted by Gasteiger charge is 2.38. The average molecular weight is 293 g/mol. The molecule has 0 saturated heterocycles. The van der Waals surface area contributed by atoms with E-state index in [0.29, 0.717) is 0 Å². The largest absolute Gasteiger partial charge is 0.495 e. The van der Waals surface area contributed by atoms with E-state index < -0.39 is 0 Å². The van der Waals surface area contributed by atoms with Crippen LogP contribution in [0.2, 0.25) is 0 Å². The Morgan fingerprint density at radius 3 is 2.38 bits per heavy atom. The first-order valence-electron chi connectivity index (χ1n) is 7.95. The van der Waals surface area contributed by atoms with Gasteiger partial charge < -0.3 is 15.0 Å². The SMILES string of the molecule is CCCNC(c1cncc(OC)c1)C(CC)(CC)N(C)C. The predicted molar refractivity (Wildman–Crippen MR) is 88.8 cm³/mol. The molecule has 21 heavy (non-hydrogen) atoms. The molecular weight excluding hydrogens is 262 g/mol. The molecule has 4 nitrogen and oxygen atoms in total. The molecule has 0 radical (unpaired) electrons. The summed E-state index contributed by atoms with van der Waals surface area (Å²) in [6, 6.07) is 2.34. The lowest BCUT2D eigenvalue weighted by Gasteiger charge is -2.45. The Kier molecular flexibility index (Phi) is 7.12. The lowest BCUT2D eigenvalue weighted by molar-refractivity contribution is 0.0878. The second-order valence-corrected chi connectivity index (χ2v) is 5.75. The smallest absolute Gasteiger partial charge is 0.137 e. The molecule has 1 aromatic rings. The van der Waals surface area contributed by atoms with Crippen LogP contribution in [-0.2, 0) is 0 Å². The van der Waals surface area contributed by atoms with E-state index in [0.717, 1.165) is 31.6 Å². The number of hydrogen-bond acceptors (Lipinski definition) is 4. The summed E-state index contributed by atoms with van der Waals surface area (Å²) < 4.78 is 5.35. The van der Waals surface area contributed by atoms with Crippen LogP contribution in [0.4, 0.5) is 0 Å². The quantitative estimate of drug-likeness (QED) is 0.758. The third-order valence-corrected chi connectivity index (χ3v) is 4.55. The Morgan fingerprint density at radius 2 is 1.90 bits per heavy atom. The second kappa shape index (κ2) is 8.35. The van der Waals surface area contributed by atoms with Crippen LogP contribution < -0.4 is 10.1 Å². The fourth-order valence-corrected chi connectivity index (χ4v) is 3.16. The maximum absolute atomic E-state index is 5.35. The zero-order valence-corrected chi connectivity index (χ0v) is 14.4. The Morgan fingerprint density at radius 1 is 1.24 bits per heavy atom. The molecule has 0 fully saturated rings. The van der Waals surface area contributed by atoms with Crippen LogP contribution in [0.3, 0.4) is 0 Å². The van der Waals surface area contributed by atoms with Crippen LogP contribution >= 0.6 is 0 Å². The summed E-state index contributed by atoms with van der Waals surface area (Å²) >= 11 is 0. The van der Waals surface area contributed by atoms with Crippen molar-refractivity contribution in [2.75, 3.05) is 27.7 Å². The second-order valence-electron chi connectivity index (χ2n) is 5.75. The maximum atomic E-state index is 5.35. The van der Waals surface area contributed by atoms with Crippen LogP contribution in [0.5, 0.6) is 5.75 Å². The summed E-state index contributed by atoms with van der Waals surface area (Å²) in [6.45, 7) is 7.72. The summed E-state index contributed by atoms with van der Waals surface area (Å²) in [7, 11) is 6.02. The molecule has 1 rings (SSSR count). The number of methoxy groups -OCH3 is 1. The van der Waals surface area contributed by atoms with Crippen LogP contribution in [0.1, 0.15) is 51.6 Å². The van der Waals surface area contributed by atoms with Crippen molar-refractivity contribution in [2.45, 2.75) is 51.6 Å². The summed E-state index contributed by atoms with van der Waals surface area (Å²) in [4.78, 5) is 6.69. The van der Waals surface area contributed by atoms with Gasteiger partial charge in [0, 0.05) is 11.7 Å². The minimum absolute atomic E-state index is 0.0726. The first-order chi connectivity index (χ1) is 10.1. The van der Waals surface area contributed by atoms with Gasteiger partial charge in [-0.15, -0.1) is 0 Å². The molecule has 0 aliphatic heterocycles. The molecule has 1 unspecified atom stereocenters. The predicted octanol–water partition coefficient (Wildman–Crippen LogP) is 3.25. The highest BCUT2D eigenvalue weighted by molar-refractivity contribution is 5.28. The van der Waals surface area contributed by atoms with Gasteiger partial charge in [0.05, 0.1) is 19.3 Å². The van der Waals surface area contributed by atoms with Gasteiger partial charge in [-0.25, -0.2) is 0 Å². The van der Waals surface area contributed by atoms with Crippen molar-refractivity contribution < 1.29 is 4.74 Å². The zero-order chi connectivity index (χ0) is 15.9. The van der Waals surface area contributed by atoms with Gasteiger partial charge in [0.25, 0.3) is 0 Å². The molecule has 1 N–H and O–H groups in total. The number of nitrogens with one attached hydrogen (secondary N) is 1. The summed E-state index contributed by atoms with van der Waals surface area (Å²) in [6.07, 6.45) is 6.99. The Labute approximate surface area is 129 Å². The van der Waals surface area contributed by atoms with Crippen molar-refractivity contribution in [1.82, 2.24) is 15.2 Å². The monoisotopic (exact) mass is 293 g/mol. The summed E-state index contributed by atoms with van der Waals surface area (Å²) in [5, 5.41) is 3.72. The third-order valence-electron chi connectivity index (χ3n) is 4.55. The number of ether oxygens (including phenoxy) is 1. The van der Waals surface area contributed by atoms with Crippen molar-refractivity contribution in [3.05, 3.63) is 24.0 Å². The normalized spacial score (nSPS) is 13.5. The zero-order valence-electron chi connectivity index (χ0n) is 14.4. The van der Waals surface area contributed by atoms with E-state index in [1.807, 2.05) is 6.20 Å². The van der Waals surface area contributed by atoms with Crippen molar-refractivity contribution in [1.29, 1.82) is 0 Å². The van der Waals surface area contributed by atoms with Gasteiger partial charge in [-0.3, -0.25) is 4.98 Å². The van der Waals surface area contributed by atoms with E-state index in [9.17, 15) is 0 Å². The van der Waals surface area contributed by atoms with E-state index in [1.165, 1.54) is 5.56 Å². The third kappa shape index (κ3) is 3.95. The van der Waals surface area contributed by atoms with E-state index >= 15 is 0 Å². The standard InChI is InChI=1S/C17H31N3O/c1-7-10-19-16(17(8-2,9-3)20(4)5)14-11-15(21-6)13-18-12-14/h11-13,16,19H,7-10H2,1-6H3. The van der Waals surface area contributed by atoms with Gasteiger partial charge in [0.15, 0.2) is 0 Å². The number of likely N-dealkylation sites (N-methyl/N-ethyl adjacent to an activating group) is 1. The van der Waals surface area contributed by atoms with Gasteiger partial charge in [-0.2, -0.15) is 0 Å². The van der Waals surface area contributed by atoms with E-state index in [4.69, 9.17) is 4.74 Å². The molecular formula is C17H31N3O. The molecule has 0 aliphatic rings. The van der Waals surface area contributed by atoms with Gasteiger partial charge >= 0.3 is 0 Å². The van der Waals surface area contributed by atoms with Gasteiger partial charge in [0.2, 0.25) is 0 Å². The van der Waals surface area contributed by atoms with Crippen LogP contribution in [0, 0.1) is 0 Å². The summed E-state index contributed by atoms with van der Waals surface area (Å²) in [5.41, 5.74) is 1.27. The first-order valence-corrected chi connectivity index (χ1v) is 7.95. The Hall–Kier alpha value is -1.13. The Balaban J connectivity index is 3.24. The highest BCUT2D eigenvalue weighted by Crippen LogP contribution is 2.36. The lowest BCUT2D eigenvalue weighted by Crippen LogP contribution is -2.53. The fourth-order valence-electron chi connectivity index (χ4n) is 3.16. The van der Waals surface area contributed by atoms with Crippen molar-refractivity contribution in [3.63, 3.8) is 0 Å². The number of pyridine rings is 1. The first kappa shape index (κ1) is 17.9. The molecule has 0 amide bonds. The van der Waals surface area contributed by atoms with Crippen molar-refractivity contribution >= 4 is 0 Å². The minimum Gasteiger partial charge on any atom is -0.495 e. The molecule has 1 aromatic heterocycles. The van der Waals surface area contributed by atoms with Gasteiger partial charge in [-0.1, -0.05) is 20.8 Å². The van der Waals surface area contributed by atoms with Crippen LogP contribution in [0.15, 0.2) is 18.5 Å². The number of aromatic nitrogens is 1. The topological polar surface area (TPSA) is 37.4 Å². The van der Waals surface area contributed by atoms with Gasteiger partial charge in [-0.05, 0) is 51.5 Å². The van der Waals surface area contributed by atoms with Crippen LogP contribution in [-0.4, -0.2) is 43.2 Å². The highest BCUT2D eigenvalue weighted by atomic mass is 16.5. The van der Waals surface area contributed by atoms with Crippen molar-refractivity contribution in [3.8, 4) is 5.75 Å². The molecule has 4 heteroatoms. The molecule has 0 aromatic carbocycles. The number of nitrogens with zero attached hydrogens (tertiary/aromatic N) is 2. The van der Waals surface area contributed by atoms with Crippen molar-refractivity contribution in [2.24, 2.45) is 0 Å². The molecule has 0 aliphatic carbocycles. The average Bonchev–Trinajstić information content (AvgIpc) is 2.51.